The van der Waals surface area contributed by atoms with Gasteiger partial charge in [-0.05, 0) is 36.9 Å². The van der Waals surface area contributed by atoms with Crippen molar-refractivity contribution in [1.29, 1.82) is 0 Å². The molecular formula is C21H29N3O3. The second-order valence-corrected chi connectivity index (χ2v) is 7.91. The van der Waals surface area contributed by atoms with Crippen molar-refractivity contribution in [3.63, 3.8) is 0 Å². The third-order valence-electron chi connectivity index (χ3n) is 5.17. The molecule has 146 valence electrons. The summed E-state index contributed by atoms with van der Waals surface area (Å²) in [4.78, 5) is 16.7. The highest BCUT2D eigenvalue weighted by molar-refractivity contribution is 5.86. The van der Waals surface area contributed by atoms with Crippen LogP contribution < -0.4 is 0 Å². The fourth-order valence-electron chi connectivity index (χ4n) is 3.68. The Bertz CT molecular complexity index is 743. The van der Waals surface area contributed by atoms with E-state index in [9.17, 15) is 9.90 Å². The summed E-state index contributed by atoms with van der Waals surface area (Å²) in [5, 5.41) is 14.7. The standard InChI is InChI=1S/C21H29N3O3/c1-16(2)18-7-5-17(6-8-18)13-24-12-4-10-21(26,20(24)25)15-23(3)14-19-9-11-22-27-19/h5-9,11,16,26H,4,10,12-15H2,1-3H3/t21-/m1/s1. The summed E-state index contributed by atoms with van der Waals surface area (Å²) in [7, 11) is 1.87. The van der Waals surface area contributed by atoms with Gasteiger partial charge in [0.1, 0.15) is 0 Å². The van der Waals surface area contributed by atoms with E-state index in [0.29, 0.717) is 37.7 Å². The zero-order valence-electron chi connectivity index (χ0n) is 16.4. The molecule has 1 aliphatic rings. The highest BCUT2D eigenvalue weighted by Gasteiger charge is 2.42. The zero-order valence-corrected chi connectivity index (χ0v) is 16.4. The molecule has 0 saturated carbocycles. The summed E-state index contributed by atoms with van der Waals surface area (Å²) in [6.07, 6.45) is 2.87. The number of nitrogens with zero attached hydrogens (tertiary/aromatic N) is 3. The van der Waals surface area contributed by atoms with Crippen LogP contribution in [0, 0.1) is 0 Å². The molecule has 1 aliphatic heterocycles. The Morgan fingerprint density at radius 1 is 1.30 bits per heavy atom. The van der Waals surface area contributed by atoms with E-state index < -0.39 is 5.60 Å². The summed E-state index contributed by atoms with van der Waals surface area (Å²) >= 11 is 0. The smallest absolute Gasteiger partial charge is 0.256 e. The molecule has 0 aliphatic carbocycles. The average molecular weight is 371 g/mol. The number of amides is 1. The van der Waals surface area contributed by atoms with E-state index in [2.05, 4.69) is 43.3 Å². The van der Waals surface area contributed by atoms with Crippen molar-refractivity contribution in [2.24, 2.45) is 0 Å². The molecule has 1 fully saturated rings. The molecule has 0 spiro atoms. The van der Waals surface area contributed by atoms with E-state index in [1.807, 2.05) is 11.9 Å². The summed E-state index contributed by atoms with van der Waals surface area (Å²) in [5.74, 6) is 1.01. The Balaban J connectivity index is 1.63. The lowest BCUT2D eigenvalue weighted by atomic mass is 9.90. The van der Waals surface area contributed by atoms with Gasteiger partial charge in [-0.15, -0.1) is 0 Å². The molecule has 6 nitrogen and oxygen atoms in total. The first-order chi connectivity index (χ1) is 12.9. The van der Waals surface area contributed by atoms with Crippen molar-refractivity contribution in [2.75, 3.05) is 20.1 Å². The normalized spacial score (nSPS) is 20.7. The maximum absolute atomic E-state index is 13.0. The number of hydrogen-bond donors (Lipinski definition) is 1. The lowest BCUT2D eigenvalue weighted by Crippen LogP contribution is -2.57. The van der Waals surface area contributed by atoms with E-state index in [4.69, 9.17) is 4.52 Å². The summed E-state index contributed by atoms with van der Waals surface area (Å²) < 4.78 is 5.11. The average Bonchev–Trinajstić information content (AvgIpc) is 3.12. The first-order valence-electron chi connectivity index (χ1n) is 9.56. The van der Waals surface area contributed by atoms with Gasteiger partial charge in [-0.1, -0.05) is 43.3 Å². The number of aromatic nitrogens is 1. The van der Waals surface area contributed by atoms with Crippen molar-refractivity contribution in [3.05, 3.63) is 53.4 Å². The van der Waals surface area contributed by atoms with E-state index in [0.717, 1.165) is 12.0 Å². The van der Waals surface area contributed by atoms with Gasteiger partial charge in [0.15, 0.2) is 11.4 Å². The topological polar surface area (TPSA) is 69.8 Å². The molecule has 6 heteroatoms. The Hall–Kier alpha value is -2.18. The molecule has 3 rings (SSSR count). The van der Waals surface area contributed by atoms with Gasteiger partial charge >= 0.3 is 0 Å². The Kier molecular flexibility index (Phi) is 5.97. The van der Waals surface area contributed by atoms with Crippen LogP contribution in [0.15, 0.2) is 41.1 Å². The first kappa shape index (κ1) is 19.6. The van der Waals surface area contributed by atoms with Crippen LogP contribution in [0.1, 0.15) is 49.5 Å². The fraction of sp³-hybridized carbons (Fsp3) is 0.524. The van der Waals surface area contributed by atoms with Crippen LogP contribution in [-0.2, 0) is 17.9 Å². The van der Waals surface area contributed by atoms with Crippen LogP contribution in [0.25, 0.3) is 0 Å². The van der Waals surface area contributed by atoms with Crippen LogP contribution in [0.4, 0.5) is 0 Å². The predicted octanol–water partition coefficient (Wildman–Crippen LogP) is 2.78. The van der Waals surface area contributed by atoms with E-state index in [-0.39, 0.29) is 12.5 Å². The molecule has 2 heterocycles. The molecule has 1 N–H and O–H groups in total. The zero-order chi connectivity index (χ0) is 19.4. The van der Waals surface area contributed by atoms with Crippen molar-refractivity contribution < 1.29 is 14.4 Å². The van der Waals surface area contributed by atoms with E-state index in [1.165, 1.54) is 5.56 Å². The quantitative estimate of drug-likeness (QED) is 0.810. The fourth-order valence-corrected chi connectivity index (χ4v) is 3.68. The van der Waals surface area contributed by atoms with Crippen molar-refractivity contribution in [1.82, 2.24) is 15.0 Å². The molecule has 0 bridgehead atoms. The minimum Gasteiger partial charge on any atom is -0.379 e. The SMILES string of the molecule is CC(C)c1ccc(CN2CCC[C@@](O)(CN(C)Cc3ccno3)C2=O)cc1. The number of carbonyl (C=O) groups is 1. The molecular weight excluding hydrogens is 342 g/mol. The predicted molar refractivity (Wildman–Crippen MR) is 103 cm³/mol. The number of rotatable bonds is 7. The highest BCUT2D eigenvalue weighted by Crippen LogP contribution is 2.26. The van der Waals surface area contributed by atoms with Crippen LogP contribution in [0.2, 0.25) is 0 Å². The minimum atomic E-state index is -1.36. The number of likely N-dealkylation sites (N-methyl/N-ethyl adjacent to an activating group) is 1. The molecule has 1 atom stereocenters. The monoisotopic (exact) mass is 371 g/mol. The van der Waals surface area contributed by atoms with Gasteiger partial charge in [0.05, 0.1) is 12.7 Å². The lowest BCUT2D eigenvalue weighted by molar-refractivity contribution is -0.160. The summed E-state index contributed by atoms with van der Waals surface area (Å²) in [5.41, 5.74) is 1.02. The molecule has 1 saturated heterocycles. The second-order valence-electron chi connectivity index (χ2n) is 7.91. The third-order valence-corrected chi connectivity index (χ3v) is 5.17. The largest absolute Gasteiger partial charge is 0.379 e. The maximum atomic E-state index is 13.0. The number of aliphatic hydroxyl groups is 1. The molecule has 1 aromatic carbocycles. The number of hydrogen-bond acceptors (Lipinski definition) is 5. The third kappa shape index (κ3) is 4.76. The number of benzene rings is 1. The number of piperidine rings is 1. The van der Waals surface area contributed by atoms with Gasteiger partial charge in [-0.25, -0.2) is 0 Å². The van der Waals surface area contributed by atoms with Crippen LogP contribution in [-0.4, -0.2) is 51.7 Å². The summed E-state index contributed by atoms with van der Waals surface area (Å²) in [6.45, 7) is 6.32. The number of carbonyl (C=O) groups excluding carboxylic acids is 1. The Morgan fingerprint density at radius 2 is 2.04 bits per heavy atom. The Labute approximate surface area is 160 Å². The number of likely N-dealkylation sites (tertiary alicyclic amines) is 1. The molecule has 0 unspecified atom stereocenters. The molecule has 2 aromatic rings. The van der Waals surface area contributed by atoms with Gasteiger partial charge in [0.2, 0.25) is 0 Å². The van der Waals surface area contributed by atoms with Crippen molar-refractivity contribution in [3.8, 4) is 0 Å². The maximum Gasteiger partial charge on any atom is 0.256 e. The van der Waals surface area contributed by atoms with Gasteiger partial charge in [0.25, 0.3) is 5.91 Å². The second kappa shape index (κ2) is 8.23. The molecule has 0 radical (unpaired) electrons. The molecule has 27 heavy (non-hydrogen) atoms. The van der Waals surface area contributed by atoms with Crippen LogP contribution >= 0.6 is 0 Å². The minimum absolute atomic E-state index is 0.189. The first-order valence-corrected chi connectivity index (χ1v) is 9.56. The van der Waals surface area contributed by atoms with Gasteiger partial charge in [0, 0.05) is 25.7 Å². The van der Waals surface area contributed by atoms with E-state index >= 15 is 0 Å². The molecule has 1 amide bonds. The van der Waals surface area contributed by atoms with Crippen molar-refractivity contribution >= 4 is 5.91 Å². The Morgan fingerprint density at radius 3 is 2.67 bits per heavy atom. The van der Waals surface area contributed by atoms with Crippen molar-refractivity contribution in [2.45, 2.75) is 51.3 Å². The summed E-state index contributed by atoms with van der Waals surface area (Å²) in [6, 6.07) is 10.2. The highest BCUT2D eigenvalue weighted by atomic mass is 16.5. The molecule has 1 aromatic heterocycles. The van der Waals surface area contributed by atoms with Crippen LogP contribution in [0.3, 0.4) is 0 Å². The van der Waals surface area contributed by atoms with Gasteiger partial charge in [-0.3, -0.25) is 9.69 Å². The van der Waals surface area contributed by atoms with E-state index in [1.54, 1.807) is 17.2 Å². The van der Waals surface area contributed by atoms with Crippen LogP contribution in [0.5, 0.6) is 0 Å². The van der Waals surface area contributed by atoms with Gasteiger partial charge in [-0.2, -0.15) is 0 Å². The lowest BCUT2D eigenvalue weighted by Gasteiger charge is -2.40. The van der Waals surface area contributed by atoms with Gasteiger partial charge < -0.3 is 14.5 Å².